The first-order valence-electron chi connectivity index (χ1n) is 7.57. The number of nitrogens with zero attached hydrogens (tertiary/aromatic N) is 3. The minimum Gasteiger partial charge on any atom is -0.330 e. The molecule has 4 aromatic rings. The molecule has 0 saturated heterocycles. The Bertz CT molecular complexity index is 1110. The first-order chi connectivity index (χ1) is 11.1. The summed E-state index contributed by atoms with van der Waals surface area (Å²) in [6, 6.07) is 12.1. The van der Waals surface area contributed by atoms with Crippen molar-refractivity contribution in [1.29, 1.82) is 0 Å². The lowest BCUT2D eigenvalue weighted by Crippen LogP contribution is -2.20. The summed E-state index contributed by atoms with van der Waals surface area (Å²) < 4.78 is 3.82. The fourth-order valence-electron chi connectivity index (χ4n) is 3.34. The van der Waals surface area contributed by atoms with Crippen LogP contribution in [-0.2, 0) is 14.1 Å². The number of rotatable bonds is 1. The topological polar surface area (TPSA) is 39.8 Å². The van der Waals surface area contributed by atoms with Crippen molar-refractivity contribution in [3.05, 3.63) is 64.7 Å². The van der Waals surface area contributed by atoms with Crippen LogP contribution in [0.15, 0.2) is 53.6 Å². The van der Waals surface area contributed by atoms with Crippen LogP contribution in [0.1, 0.15) is 5.56 Å². The zero-order chi connectivity index (χ0) is 16.1. The van der Waals surface area contributed by atoms with Gasteiger partial charge in [0.15, 0.2) is 0 Å². The van der Waals surface area contributed by atoms with Crippen LogP contribution in [0, 0.1) is 6.92 Å². The molecule has 0 radical (unpaired) electrons. The third-order valence-electron chi connectivity index (χ3n) is 4.49. The molecular formula is C19H18ClN3O. The molecule has 24 heavy (non-hydrogen) atoms. The Morgan fingerprint density at radius 3 is 2.33 bits per heavy atom. The van der Waals surface area contributed by atoms with Gasteiger partial charge in [0.05, 0.1) is 5.52 Å². The number of aromatic nitrogens is 3. The van der Waals surface area contributed by atoms with Gasteiger partial charge in [-0.15, -0.1) is 12.4 Å². The van der Waals surface area contributed by atoms with E-state index >= 15 is 0 Å². The lowest BCUT2D eigenvalue weighted by Gasteiger charge is -2.08. The maximum absolute atomic E-state index is 12.8. The van der Waals surface area contributed by atoms with E-state index in [1.165, 1.54) is 10.9 Å². The summed E-state index contributed by atoms with van der Waals surface area (Å²) in [6.07, 6.45) is 3.43. The first kappa shape index (κ1) is 16.3. The van der Waals surface area contributed by atoms with E-state index in [0.717, 1.165) is 22.1 Å². The molecule has 0 unspecified atom stereocenters. The molecule has 0 spiro atoms. The van der Waals surface area contributed by atoms with Crippen molar-refractivity contribution in [2.45, 2.75) is 6.92 Å². The van der Waals surface area contributed by atoms with E-state index in [9.17, 15) is 4.79 Å². The fourth-order valence-corrected chi connectivity index (χ4v) is 3.34. The Balaban J connectivity index is 0.00000169. The number of aryl methyl sites for hydroxylation is 3. The van der Waals surface area contributed by atoms with Crippen molar-refractivity contribution in [3.8, 4) is 11.1 Å². The molecule has 3 aromatic heterocycles. The van der Waals surface area contributed by atoms with Crippen molar-refractivity contribution in [3.63, 3.8) is 0 Å². The molecule has 0 atom stereocenters. The molecule has 1 aromatic carbocycles. The van der Waals surface area contributed by atoms with Gasteiger partial charge >= 0.3 is 0 Å². The zero-order valence-electron chi connectivity index (χ0n) is 13.8. The quantitative estimate of drug-likeness (QED) is 0.529. The van der Waals surface area contributed by atoms with Crippen LogP contribution in [0.25, 0.3) is 33.1 Å². The second-order valence-corrected chi connectivity index (χ2v) is 5.97. The second-order valence-electron chi connectivity index (χ2n) is 5.97. The highest BCUT2D eigenvalue weighted by atomic mass is 35.5. The smallest absolute Gasteiger partial charge is 0.259 e. The summed E-state index contributed by atoms with van der Waals surface area (Å²) in [7, 11) is 3.84. The summed E-state index contributed by atoms with van der Waals surface area (Å²) in [5.74, 6) is 0. The van der Waals surface area contributed by atoms with Gasteiger partial charge in [0, 0.05) is 42.8 Å². The molecule has 3 heterocycles. The molecule has 0 fully saturated rings. The number of pyridine rings is 2. The van der Waals surface area contributed by atoms with Crippen LogP contribution in [0.2, 0.25) is 0 Å². The van der Waals surface area contributed by atoms with Crippen LogP contribution in [-0.4, -0.2) is 14.1 Å². The van der Waals surface area contributed by atoms with Gasteiger partial charge in [-0.1, -0.05) is 11.6 Å². The van der Waals surface area contributed by atoms with Gasteiger partial charge in [0.1, 0.15) is 5.65 Å². The summed E-state index contributed by atoms with van der Waals surface area (Å²) in [5.41, 5.74) is 4.89. The summed E-state index contributed by atoms with van der Waals surface area (Å²) in [4.78, 5) is 16.8. The maximum Gasteiger partial charge on any atom is 0.259 e. The summed E-state index contributed by atoms with van der Waals surface area (Å²) in [6.45, 7) is 2.09. The van der Waals surface area contributed by atoms with Gasteiger partial charge in [0.2, 0.25) is 0 Å². The predicted molar refractivity (Wildman–Crippen MR) is 101 cm³/mol. The Kier molecular flexibility index (Phi) is 3.93. The first-order valence-corrected chi connectivity index (χ1v) is 7.57. The van der Waals surface area contributed by atoms with Crippen molar-refractivity contribution in [2.24, 2.45) is 14.1 Å². The molecule has 4 nitrogen and oxygen atoms in total. The van der Waals surface area contributed by atoms with Gasteiger partial charge < -0.3 is 4.57 Å². The average molecular weight is 340 g/mol. The molecule has 0 aliphatic heterocycles. The van der Waals surface area contributed by atoms with E-state index in [-0.39, 0.29) is 18.0 Å². The van der Waals surface area contributed by atoms with Crippen molar-refractivity contribution in [2.75, 3.05) is 0 Å². The third-order valence-corrected chi connectivity index (χ3v) is 4.49. The molecule has 0 aliphatic rings. The molecule has 122 valence electrons. The standard InChI is InChI=1S/C19H17N3O.ClH/c1-12-4-5-17-15(10-12)16-11-14(13-6-8-20-9-7-13)19(23)22(3)18(16)21(17)2;/h4-11H,1-3H3;1H. The van der Waals surface area contributed by atoms with Crippen LogP contribution in [0.5, 0.6) is 0 Å². The van der Waals surface area contributed by atoms with Gasteiger partial charge in [-0.3, -0.25) is 14.3 Å². The molecular weight excluding hydrogens is 322 g/mol. The molecule has 4 rings (SSSR count). The van der Waals surface area contributed by atoms with E-state index in [1.54, 1.807) is 17.0 Å². The Morgan fingerprint density at radius 1 is 0.917 bits per heavy atom. The normalized spacial score (nSPS) is 11.0. The second kappa shape index (κ2) is 5.80. The molecule has 5 heteroatoms. The molecule has 0 bridgehead atoms. The molecule has 0 saturated carbocycles. The van der Waals surface area contributed by atoms with E-state index in [0.29, 0.717) is 5.56 Å². The highest BCUT2D eigenvalue weighted by Crippen LogP contribution is 2.30. The molecule has 0 amide bonds. The number of hydrogen-bond donors (Lipinski definition) is 0. The lowest BCUT2D eigenvalue weighted by atomic mass is 10.1. The zero-order valence-corrected chi connectivity index (χ0v) is 14.6. The Morgan fingerprint density at radius 2 is 1.62 bits per heavy atom. The van der Waals surface area contributed by atoms with Crippen molar-refractivity contribution >= 4 is 34.3 Å². The van der Waals surface area contributed by atoms with Crippen LogP contribution in [0.4, 0.5) is 0 Å². The molecule has 0 aliphatic carbocycles. The molecule has 0 N–H and O–H groups in total. The van der Waals surface area contributed by atoms with Gasteiger partial charge in [0.25, 0.3) is 5.56 Å². The largest absolute Gasteiger partial charge is 0.330 e. The average Bonchev–Trinajstić information content (AvgIpc) is 2.83. The highest BCUT2D eigenvalue weighted by Gasteiger charge is 2.15. The number of benzene rings is 1. The maximum atomic E-state index is 12.8. The Hall–Kier alpha value is -2.59. The van der Waals surface area contributed by atoms with Gasteiger partial charge in [-0.05, 0) is 42.8 Å². The highest BCUT2D eigenvalue weighted by molar-refractivity contribution is 6.08. The summed E-state index contributed by atoms with van der Waals surface area (Å²) in [5, 5.41) is 2.27. The van der Waals surface area contributed by atoms with E-state index in [2.05, 4.69) is 34.7 Å². The van der Waals surface area contributed by atoms with Crippen molar-refractivity contribution in [1.82, 2.24) is 14.1 Å². The van der Waals surface area contributed by atoms with Gasteiger partial charge in [-0.25, -0.2) is 0 Å². The minimum absolute atomic E-state index is 0. The SMILES string of the molecule is Cc1ccc2c(c1)c1cc(-c3ccncc3)c(=O)n(C)c1n2C.Cl. The van der Waals surface area contributed by atoms with E-state index in [4.69, 9.17) is 0 Å². The number of halogens is 1. The van der Waals surface area contributed by atoms with E-state index < -0.39 is 0 Å². The van der Waals surface area contributed by atoms with Crippen LogP contribution in [0.3, 0.4) is 0 Å². The Labute approximate surface area is 145 Å². The number of fused-ring (bicyclic) bond motifs is 3. The van der Waals surface area contributed by atoms with Gasteiger partial charge in [-0.2, -0.15) is 0 Å². The third kappa shape index (κ3) is 2.22. The number of hydrogen-bond acceptors (Lipinski definition) is 2. The van der Waals surface area contributed by atoms with Crippen LogP contribution < -0.4 is 5.56 Å². The van der Waals surface area contributed by atoms with Crippen molar-refractivity contribution < 1.29 is 0 Å². The summed E-state index contributed by atoms with van der Waals surface area (Å²) >= 11 is 0. The fraction of sp³-hybridized carbons (Fsp3) is 0.158. The monoisotopic (exact) mass is 339 g/mol. The minimum atomic E-state index is 0. The van der Waals surface area contributed by atoms with Crippen LogP contribution >= 0.6 is 12.4 Å². The lowest BCUT2D eigenvalue weighted by molar-refractivity contribution is 0.846. The predicted octanol–water partition coefficient (Wildman–Crippen LogP) is 3.82. The van der Waals surface area contributed by atoms with E-state index in [1.807, 2.05) is 32.3 Å².